The van der Waals surface area contributed by atoms with E-state index in [0.717, 1.165) is 47.3 Å². The number of hydrogen-bond donors (Lipinski definition) is 1. The molecular formula is C23H27N5O2. The first kappa shape index (κ1) is 19.1. The smallest absolute Gasteiger partial charge is 0.322 e. The van der Waals surface area contributed by atoms with Crippen molar-refractivity contribution in [2.45, 2.75) is 44.7 Å². The zero-order valence-electron chi connectivity index (χ0n) is 17.6. The standard InChI is InChI=1S/C23H27N5O2/c1-15-8-19-11-23(10-15,14-30-3)28(19)22(29)26-17-5-4-16(2)20(9-17)21-13-27-18(12-24-21)6-7-25-27/h4-7,9,12-13,15,19H,8,10-11,14H2,1-3H3,(H,26,29)/t15-,19?,23?/m1/s1. The lowest BCUT2D eigenvalue weighted by molar-refractivity contribution is -0.122. The molecule has 30 heavy (non-hydrogen) atoms. The molecule has 2 unspecified atom stereocenters. The largest absolute Gasteiger partial charge is 0.382 e. The Bertz CT molecular complexity index is 1110. The van der Waals surface area contributed by atoms with Crippen LogP contribution in [0.15, 0.2) is 42.9 Å². The van der Waals surface area contributed by atoms with E-state index >= 15 is 0 Å². The van der Waals surface area contributed by atoms with Crippen LogP contribution < -0.4 is 5.32 Å². The molecule has 2 aromatic heterocycles. The number of aryl methyl sites for hydroxylation is 1. The maximum Gasteiger partial charge on any atom is 0.322 e. The van der Waals surface area contributed by atoms with Crippen molar-refractivity contribution >= 4 is 17.2 Å². The van der Waals surface area contributed by atoms with Crippen LogP contribution in [0, 0.1) is 12.8 Å². The number of rotatable bonds is 4. The Kier molecular flexibility index (Phi) is 4.50. The van der Waals surface area contributed by atoms with E-state index in [4.69, 9.17) is 4.74 Å². The summed E-state index contributed by atoms with van der Waals surface area (Å²) in [7, 11) is 1.72. The van der Waals surface area contributed by atoms with Crippen LogP contribution in [-0.2, 0) is 4.74 Å². The van der Waals surface area contributed by atoms with Gasteiger partial charge in [-0.05, 0) is 55.9 Å². The van der Waals surface area contributed by atoms with Gasteiger partial charge in [0.2, 0.25) is 0 Å². The molecule has 7 heteroatoms. The molecule has 3 heterocycles. The molecule has 0 radical (unpaired) electrons. The SMILES string of the molecule is COCC12CC(C[C@@H](C)C1)N2C(=O)Nc1ccc(C)c(-c2cn3nccc3cn2)c1. The van der Waals surface area contributed by atoms with Crippen molar-refractivity contribution in [3.05, 3.63) is 48.4 Å². The number of likely N-dealkylation sites (tertiary alicyclic amines) is 1. The van der Waals surface area contributed by atoms with Crippen LogP contribution in [0.5, 0.6) is 0 Å². The van der Waals surface area contributed by atoms with Gasteiger partial charge in [-0.1, -0.05) is 13.0 Å². The van der Waals surface area contributed by atoms with E-state index in [-0.39, 0.29) is 11.6 Å². The van der Waals surface area contributed by atoms with Gasteiger partial charge in [0.1, 0.15) is 0 Å². The molecule has 1 aliphatic carbocycles. The number of piperidine rings is 1. The number of ether oxygens (including phenoxy) is 1. The van der Waals surface area contributed by atoms with E-state index in [2.05, 4.69) is 22.3 Å². The Hall–Kier alpha value is -2.93. The molecule has 2 fully saturated rings. The number of aromatic nitrogens is 3. The van der Waals surface area contributed by atoms with Gasteiger partial charge in [0.15, 0.2) is 0 Å². The van der Waals surface area contributed by atoms with Gasteiger partial charge in [0.25, 0.3) is 0 Å². The number of fused-ring (bicyclic) bond motifs is 3. The molecule has 2 aliphatic rings. The molecule has 1 aliphatic heterocycles. The number of anilines is 1. The number of hydrogen-bond acceptors (Lipinski definition) is 4. The summed E-state index contributed by atoms with van der Waals surface area (Å²) in [5.74, 6) is 0.622. The van der Waals surface area contributed by atoms with Crippen molar-refractivity contribution in [1.82, 2.24) is 19.5 Å². The summed E-state index contributed by atoms with van der Waals surface area (Å²) in [5, 5.41) is 7.42. The predicted octanol–water partition coefficient (Wildman–Crippen LogP) is 4.13. The molecule has 1 N–H and O–H groups in total. The number of amides is 2. The highest BCUT2D eigenvalue weighted by Gasteiger charge is 2.58. The van der Waals surface area contributed by atoms with E-state index in [1.165, 1.54) is 0 Å². The molecule has 1 saturated heterocycles. The van der Waals surface area contributed by atoms with Crippen molar-refractivity contribution in [3.63, 3.8) is 0 Å². The lowest BCUT2D eigenvalue weighted by Gasteiger charge is -2.63. The average molecular weight is 406 g/mol. The van der Waals surface area contributed by atoms with Crippen molar-refractivity contribution in [2.24, 2.45) is 5.92 Å². The Balaban J connectivity index is 1.40. The number of nitrogens with zero attached hydrogens (tertiary/aromatic N) is 4. The summed E-state index contributed by atoms with van der Waals surface area (Å²) >= 11 is 0. The van der Waals surface area contributed by atoms with Gasteiger partial charge in [0.05, 0.1) is 41.9 Å². The quantitative estimate of drug-likeness (QED) is 0.709. The first-order valence-electron chi connectivity index (χ1n) is 10.5. The summed E-state index contributed by atoms with van der Waals surface area (Å²) in [6, 6.07) is 8.14. The van der Waals surface area contributed by atoms with Crippen LogP contribution in [0.3, 0.4) is 0 Å². The fourth-order valence-corrected chi connectivity index (χ4v) is 5.43. The predicted molar refractivity (Wildman–Crippen MR) is 115 cm³/mol. The zero-order chi connectivity index (χ0) is 20.9. The summed E-state index contributed by atoms with van der Waals surface area (Å²) in [5.41, 5.74) is 4.45. The summed E-state index contributed by atoms with van der Waals surface area (Å²) < 4.78 is 7.29. The molecule has 3 atom stereocenters. The first-order valence-corrected chi connectivity index (χ1v) is 10.5. The third-order valence-corrected chi connectivity index (χ3v) is 6.57. The summed E-state index contributed by atoms with van der Waals surface area (Å²) in [6.07, 6.45) is 8.57. The highest BCUT2D eigenvalue weighted by atomic mass is 16.5. The molecule has 0 spiro atoms. The molecule has 2 amide bonds. The summed E-state index contributed by atoms with van der Waals surface area (Å²) in [4.78, 5) is 19.8. The van der Waals surface area contributed by atoms with Gasteiger partial charge in [0, 0.05) is 24.4 Å². The fourth-order valence-electron chi connectivity index (χ4n) is 5.43. The van der Waals surface area contributed by atoms with E-state index in [1.54, 1.807) is 13.3 Å². The lowest BCUT2D eigenvalue weighted by Crippen LogP contribution is -2.74. The number of carbonyl (C=O) groups is 1. The van der Waals surface area contributed by atoms with Crippen molar-refractivity contribution in [1.29, 1.82) is 0 Å². The molecule has 1 saturated carbocycles. The molecular weight excluding hydrogens is 378 g/mol. The second-order valence-corrected chi connectivity index (χ2v) is 8.86. The van der Waals surface area contributed by atoms with Crippen LogP contribution >= 0.6 is 0 Å². The number of methoxy groups -OCH3 is 1. The van der Waals surface area contributed by atoms with Crippen LogP contribution in [-0.4, -0.2) is 50.8 Å². The minimum absolute atomic E-state index is 0.0412. The lowest BCUT2D eigenvalue weighted by atomic mass is 9.65. The van der Waals surface area contributed by atoms with Crippen LogP contribution in [0.25, 0.3) is 16.8 Å². The van der Waals surface area contributed by atoms with Crippen molar-refractivity contribution in [3.8, 4) is 11.3 Å². The van der Waals surface area contributed by atoms with Gasteiger partial charge in [-0.2, -0.15) is 5.10 Å². The molecule has 5 rings (SSSR count). The van der Waals surface area contributed by atoms with Gasteiger partial charge < -0.3 is 15.0 Å². The minimum Gasteiger partial charge on any atom is -0.382 e. The second-order valence-electron chi connectivity index (χ2n) is 8.86. The second kappa shape index (κ2) is 7.09. The average Bonchev–Trinajstić information content (AvgIpc) is 3.16. The van der Waals surface area contributed by atoms with Gasteiger partial charge in [-0.15, -0.1) is 0 Å². The Morgan fingerprint density at radius 3 is 3.03 bits per heavy atom. The molecule has 3 aromatic rings. The van der Waals surface area contributed by atoms with Crippen LogP contribution in [0.2, 0.25) is 0 Å². The number of urea groups is 1. The highest BCUT2D eigenvalue weighted by Crippen LogP contribution is 2.50. The summed E-state index contributed by atoms with van der Waals surface area (Å²) in [6.45, 7) is 4.90. The maximum atomic E-state index is 13.2. The zero-order valence-corrected chi connectivity index (χ0v) is 17.6. The van der Waals surface area contributed by atoms with E-state index < -0.39 is 0 Å². The molecule has 1 aromatic carbocycles. The van der Waals surface area contributed by atoms with Crippen molar-refractivity contribution in [2.75, 3.05) is 19.0 Å². The van der Waals surface area contributed by atoms with E-state index in [1.807, 2.05) is 53.0 Å². The number of benzene rings is 1. The van der Waals surface area contributed by atoms with Crippen molar-refractivity contribution < 1.29 is 9.53 Å². The number of nitrogens with one attached hydrogen (secondary N) is 1. The van der Waals surface area contributed by atoms with Crippen LogP contribution in [0.1, 0.15) is 31.7 Å². The third kappa shape index (κ3) is 3.04. The Morgan fingerprint density at radius 1 is 1.33 bits per heavy atom. The maximum absolute atomic E-state index is 13.2. The minimum atomic E-state index is -0.165. The highest BCUT2D eigenvalue weighted by molar-refractivity contribution is 5.92. The Morgan fingerprint density at radius 2 is 2.20 bits per heavy atom. The Labute approximate surface area is 176 Å². The van der Waals surface area contributed by atoms with Crippen LogP contribution in [0.4, 0.5) is 10.5 Å². The van der Waals surface area contributed by atoms with E-state index in [0.29, 0.717) is 18.6 Å². The van der Waals surface area contributed by atoms with Gasteiger partial charge >= 0.3 is 6.03 Å². The molecule has 156 valence electrons. The number of carbonyl (C=O) groups excluding carboxylic acids is 1. The molecule has 2 bridgehead atoms. The first-order chi connectivity index (χ1) is 14.5. The van der Waals surface area contributed by atoms with E-state index in [9.17, 15) is 4.79 Å². The normalized spacial score (nSPS) is 25.2. The van der Waals surface area contributed by atoms with Gasteiger partial charge in [-0.3, -0.25) is 4.98 Å². The van der Waals surface area contributed by atoms with Gasteiger partial charge in [-0.25, -0.2) is 9.31 Å². The third-order valence-electron chi connectivity index (χ3n) is 6.57. The topological polar surface area (TPSA) is 71.8 Å². The fraction of sp³-hybridized carbons (Fsp3) is 0.435. The molecule has 7 nitrogen and oxygen atoms in total. The monoisotopic (exact) mass is 405 g/mol.